The molecule has 8 nitrogen and oxygen atoms in total. The highest BCUT2D eigenvalue weighted by Gasteiger charge is 2.29. The zero-order valence-corrected chi connectivity index (χ0v) is 11.6. The van der Waals surface area contributed by atoms with Gasteiger partial charge in [0.15, 0.2) is 0 Å². The first-order valence-electron chi connectivity index (χ1n) is 7.08. The molecule has 21 heavy (non-hydrogen) atoms. The van der Waals surface area contributed by atoms with Gasteiger partial charge in [-0.2, -0.15) is 10.1 Å². The maximum Gasteiger partial charge on any atom is 0.288 e. The summed E-state index contributed by atoms with van der Waals surface area (Å²) in [5.74, 6) is -0.758. The van der Waals surface area contributed by atoms with Gasteiger partial charge >= 0.3 is 0 Å². The van der Waals surface area contributed by atoms with Crippen LogP contribution in [0.3, 0.4) is 0 Å². The first kappa shape index (κ1) is 13.7. The molecule has 0 radical (unpaired) electrons. The van der Waals surface area contributed by atoms with Crippen LogP contribution in [-0.2, 0) is 9.59 Å². The fourth-order valence-corrected chi connectivity index (χ4v) is 2.59. The number of nitrogens with one attached hydrogen (secondary N) is 1. The summed E-state index contributed by atoms with van der Waals surface area (Å²) >= 11 is 0. The number of rotatable bonds is 2. The zero-order chi connectivity index (χ0) is 14.8. The number of carbonyl (C=O) groups excluding carboxylic acids is 2. The van der Waals surface area contributed by atoms with Crippen LogP contribution in [0.1, 0.15) is 19.3 Å². The molecule has 0 bridgehead atoms. The molecule has 3 heterocycles. The van der Waals surface area contributed by atoms with Crippen LogP contribution in [0.2, 0.25) is 0 Å². The maximum atomic E-state index is 12.2. The van der Waals surface area contributed by atoms with Crippen molar-refractivity contribution in [1.82, 2.24) is 15.2 Å². The molecule has 2 aliphatic rings. The Hall–Kier alpha value is -2.22. The molecule has 1 N–H and O–H groups in total. The van der Waals surface area contributed by atoms with Crippen LogP contribution in [0.4, 0.5) is 5.69 Å². The van der Waals surface area contributed by atoms with Crippen molar-refractivity contribution in [1.29, 1.82) is 0 Å². The molecule has 2 saturated heterocycles. The van der Waals surface area contributed by atoms with Crippen molar-refractivity contribution in [3.63, 3.8) is 0 Å². The summed E-state index contributed by atoms with van der Waals surface area (Å²) in [5.41, 5.74) is 0.254. The van der Waals surface area contributed by atoms with Crippen LogP contribution in [-0.4, -0.2) is 47.9 Å². The Balaban J connectivity index is 1.88. The molecular formula is C13H17N5O3. The van der Waals surface area contributed by atoms with Crippen molar-refractivity contribution >= 4 is 17.5 Å². The Labute approximate surface area is 121 Å². The Bertz CT molecular complexity index is 604. The van der Waals surface area contributed by atoms with E-state index in [4.69, 9.17) is 0 Å². The summed E-state index contributed by atoms with van der Waals surface area (Å²) in [7, 11) is 0. The van der Waals surface area contributed by atoms with E-state index in [1.807, 2.05) is 0 Å². The predicted molar refractivity (Wildman–Crippen MR) is 75.7 cm³/mol. The number of anilines is 1. The molecule has 0 atom stereocenters. The van der Waals surface area contributed by atoms with Crippen LogP contribution in [0.25, 0.3) is 0 Å². The standard InChI is InChI=1S/C13H17N5O3/c19-11-2-1-3-12(20)17(11)18-13(21)8-10(9-15-18)16-6-4-14-5-7-16/h8-9,14H,1-7H2. The smallest absolute Gasteiger partial charge is 0.288 e. The van der Waals surface area contributed by atoms with Gasteiger partial charge in [-0.25, -0.2) is 0 Å². The SMILES string of the molecule is O=C1CCCC(=O)N1n1ncc(N2CCNCC2)cc1=O. The molecule has 2 aliphatic heterocycles. The van der Waals surface area contributed by atoms with Gasteiger partial charge in [0.1, 0.15) is 0 Å². The largest absolute Gasteiger partial charge is 0.368 e. The summed E-state index contributed by atoms with van der Waals surface area (Å²) in [6.45, 7) is 3.30. The fraction of sp³-hybridized carbons (Fsp3) is 0.538. The van der Waals surface area contributed by atoms with Crippen molar-refractivity contribution in [2.24, 2.45) is 0 Å². The summed E-state index contributed by atoms with van der Waals surface area (Å²) < 4.78 is 0. The molecule has 0 unspecified atom stereocenters. The van der Waals surface area contributed by atoms with Crippen LogP contribution in [0, 0.1) is 0 Å². The van der Waals surface area contributed by atoms with Crippen molar-refractivity contribution in [2.75, 3.05) is 36.1 Å². The van der Waals surface area contributed by atoms with Crippen LogP contribution >= 0.6 is 0 Å². The van der Waals surface area contributed by atoms with E-state index in [2.05, 4.69) is 15.3 Å². The van der Waals surface area contributed by atoms with Crippen molar-refractivity contribution < 1.29 is 9.59 Å². The molecule has 8 heteroatoms. The van der Waals surface area contributed by atoms with Gasteiger partial charge in [0.05, 0.1) is 11.9 Å². The van der Waals surface area contributed by atoms with E-state index in [1.54, 1.807) is 0 Å². The molecule has 0 aromatic carbocycles. The number of carbonyl (C=O) groups is 2. The fourth-order valence-electron chi connectivity index (χ4n) is 2.59. The predicted octanol–water partition coefficient (Wildman–Crippen LogP) is -1.17. The number of hydrogen-bond acceptors (Lipinski definition) is 6. The molecular weight excluding hydrogens is 274 g/mol. The molecule has 1 aromatic rings. The molecule has 1 aromatic heterocycles. The lowest BCUT2D eigenvalue weighted by molar-refractivity contribution is -0.131. The Morgan fingerprint density at radius 3 is 2.33 bits per heavy atom. The molecule has 2 fully saturated rings. The van der Waals surface area contributed by atoms with Crippen LogP contribution in [0.5, 0.6) is 0 Å². The molecule has 2 amide bonds. The number of nitrogens with zero attached hydrogens (tertiary/aromatic N) is 4. The van der Waals surface area contributed by atoms with E-state index in [-0.39, 0.29) is 24.7 Å². The third kappa shape index (κ3) is 2.66. The monoisotopic (exact) mass is 291 g/mol. The highest BCUT2D eigenvalue weighted by atomic mass is 16.2. The van der Waals surface area contributed by atoms with Crippen LogP contribution < -0.4 is 20.8 Å². The average molecular weight is 291 g/mol. The molecule has 0 saturated carbocycles. The van der Waals surface area contributed by atoms with Gasteiger partial charge in [-0.1, -0.05) is 0 Å². The maximum absolute atomic E-state index is 12.2. The molecule has 3 rings (SSSR count). The van der Waals surface area contributed by atoms with E-state index < -0.39 is 5.56 Å². The van der Waals surface area contributed by atoms with Gasteiger partial charge in [0, 0.05) is 45.1 Å². The van der Waals surface area contributed by atoms with Gasteiger partial charge in [0.2, 0.25) is 11.8 Å². The van der Waals surface area contributed by atoms with Crippen molar-refractivity contribution in [2.45, 2.75) is 19.3 Å². The number of amides is 2. The Kier molecular flexibility index (Phi) is 3.70. The second-order valence-corrected chi connectivity index (χ2v) is 5.13. The summed E-state index contributed by atoms with van der Waals surface area (Å²) in [5, 5.41) is 8.09. The summed E-state index contributed by atoms with van der Waals surface area (Å²) in [6, 6.07) is 1.42. The normalized spacial score (nSPS) is 20.0. The number of piperidine rings is 1. The lowest BCUT2D eigenvalue weighted by Gasteiger charge is -2.29. The molecule has 112 valence electrons. The minimum absolute atomic E-state index is 0.263. The summed E-state index contributed by atoms with van der Waals surface area (Å²) in [6.07, 6.45) is 2.59. The van der Waals surface area contributed by atoms with Gasteiger partial charge in [-0.05, 0) is 6.42 Å². The van der Waals surface area contributed by atoms with Crippen molar-refractivity contribution in [3.05, 3.63) is 22.6 Å². The van der Waals surface area contributed by atoms with Crippen molar-refractivity contribution in [3.8, 4) is 0 Å². The van der Waals surface area contributed by atoms with E-state index in [1.165, 1.54) is 12.3 Å². The minimum Gasteiger partial charge on any atom is -0.368 e. The number of piperazine rings is 1. The van der Waals surface area contributed by atoms with Crippen LogP contribution in [0.15, 0.2) is 17.1 Å². The van der Waals surface area contributed by atoms with E-state index >= 15 is 0 Å². The van der Waals surface area contributed by atoms with Gasteiger partial charge in [0.25, 0.3) is 5.56 Å². The first-order valence-corrected chi connectivity index (χ1v) is 7.08. The molecule has 0 spiro atoms. The third-order valence-electron chi connectivity index (χ3n) is 3.69. The second kappa shape index (κ2) is 5.65. The van der Waals surface area contributed by atoms with Gasteiger partial charge in [-0.3, -0.25) is 14.4 Å². The Morgan fingerprint density at radius 1 is 1.05 bits per heavy atom. The number of hydrogen-bond donors (Lipinski definition) is 1. The minimum atomic E-state index is -0.463. The summed E-state index contributed by atoms with van der Waals surface area (Å²) in [4.78, 5) is 38.8. The Morgan fingerprint density at radius 2 is 1.71 bits per heavy atom. The molecule has 0 aliphatic carbocycles. The highest BCUT2D eigenvalue weighted by molar-refractivity contribution is 6.09. The van der Waals surface area contributed by atoms with E-state index in [9.17, 15) is 14.4 Å². The quantitative estimate of drug-likeness (QED) is 0.691. The average Bonchev–Trinajstić information content (AvgIpc) is 2.49. The first-order chi connectivity index (χ1) is 10.2. The lowest BCUT2D eigenvalue weighted by Crippen LogP contribution is -2.53. The topological polar surface area (TPSA) is 87.5 Å². The number of aromatic nitrogens is 2. The second-order valence-electron chi connectivity index (χ2n) is 5.13. The third-order valence-corrected chi connectivity index (χ3v) is 3.69. The van der Waals surface area contributed by atoms with E-state index in [0.717, 1.165) is 41.7 Å². The number of imide groups is 1. The zero-order valence-electron chi connectivity index (χ0n) is 11.6. The lowest BCUT2D eigenvalue weighted by atomic mass is 10.1. The highest BCUT2D eigenvalue weighted by Crippen LogP contribution is 2.12. The van der Waals surface area contributed by atoms with Gasteiger partial charge < -0.3 is 10.2 Å². The van der Waals surface area contributed by atoms with E-state index in [0.29, 0.717) is 6.42 Å². The van der Waals surface area contributed by atoms with Gasteiger partial charge in [-0.15, -0.1) is 4.79 Å².